The summed E-state index contributed by atoms with van der Waals surface area (Å²) in [4.78, 5) is 16.6. The number of H-pyrrole nitrogens is 1. The highest BCUT2D eigenvalue weighted by atomic mass is 16.1. The van der Waals surface area contributed by atoms with Crippen molar-refractivity contribution in [2.45, 2.75) is 20.3 Å². The Hall–Kier alpha value is -3.39. The maximum Gasteiger partial charge on any atom is 0.166 e. The van der Waals surface area contributed by atoms with Crippen molar-refractivity contribution in [2.75, 3.05) is 0 Å². The molecule has 0 aliphatic rings. The minimum atomic E-state index is 0.00768. The van der Waals surface area contributed by atoms with Gasteiger partial charge in [-0.25, -0.2) is 0 Å². The number of nitrogens with one attached hydrogen (secondary N) is 1. The molecule has 144 valence electrons. The topological polar surface area (TPSA) is 32.9 Å². The molecular formula is C27H25NO. The Morgan fingerprint density at radius 1 is 0.793 bits per heavy atom. The van der Waals surface area contributed by atoms with Crippen molar-refractivity contribution >= 4 is 5.78 Å². The summed E-state index contributed by atoms with van der Waals surface area (Å²) in [6, 6.07) is 30.8. The van der Waals surface area contributed by atoms with Gasteiger partial charge in [0, 0.05) is 28.3 Å². The smallest absolute Gasteiger partial charge is 0.166 e. The normalized spacial score (nSPS) is 11.9. The molecule has 0 aliphatic heterocycles. The van der Waals surface area contributed by atoms with E-state index >= 15 is 0 Å². The van der Waals surface area contributed by atoms with Gasteiger partial charge in [-0.2, -0.15) is 0 Å². The van der Waals surface area contributed by atoms with Crippen molar-refractivity contribution in [2.24, 2.45) is 5.92 Å². The molecule has 0 amide bonds. The van der Waals surface area contributed by atoms with Crippen LogP contribution in [0.15, 0.2) is 91.0 Å². The lowest BCUT2D eigenvalue weighted by molar-refractivity contribution is 0.0928. The number of aromatic nitrogens is 1. The molecule has 1 unspecified atom stereocenters. The summed E-state index contributed by atoms with van der Waals surface area (Å²) in [5.74, 6) is 0.202. The van der Waals surface area contributed by atoms with Crippen molar-refractivity contribution in [1.29, 1.82) is 0 Å². The highest BCUT2D eigenvalue weighted by Gasteiger charge is 2.20. The first-order valence-corrected chi connectivity index (χ1v) is 10.2. The summed E-state index contributed by atoms with van der Waals surface area (Å²) in [5, 5.41) is 0. The lowest BCUT2D eigenvalue weighted by atomic mass is 9.92. The number of Topliss-reactive ketones (excluding diaryl/α,β-unsaturated/α-hetero) is 1. The van der Waals surface area contributed by atoms with Gasteiger partial charge in [-0.15, -0.1) is 0 Å². The second-order valence-electron chi connectivity index (χ2n) is 7.42. The quantitative estimate of drug-likeness (QED) is 0.352. The van der Waals surface area contributed by atoms with E-state index in [0.717, 1.165) is 45.6 Å². The molecule has 0 bridgehead atoms. The molecule has 0 spiro atoms. The molecule has 4 rings (SSSR count). The van der Waals surface area contributed by atoms with Crippen molar-refractivity contribution in [3.05, 3.63) is 96.6 Å². The van der Waals surface area contributed by atoms with Gasteiger partial charge in [0.2, 0.25) is 0 Å². The first kappa shape index (κ1) is 18.9. The van der Waals surface area contributed by atoms with Crippen LogP contribution in [0.2, 0.25) is 0 Å². The van der Waals surface area contributed by atoms with Crippen LogP contribution in [0.5, 0.6) is 0 Å². The summed E-state index contributed by atoms with van der Waals surface area (Å²) in [5.41, 5.74) is 7.19. The third kappa shape index (κ3) is 3.79. The Morgan fingerprint density at radius 3 is 2.03 bits per heavy atom. The van der Waals surface area contributed by atoms with E-state index in [1.165, 1.54) is 0 Å². The first-order valence-electron chi connectivity index (χ1n) is 10.2. The second kappa shape index (κ2) is 8.32. The molecule has 0 aliphatic carbocycles. The molecule has 1 N–H and O–H groups in total. The number of carbonyl (C=O) groups excluding carboxylic acids is 1. The summed E-state index contributed by atoms with van der Waals surface area (Å²) in [6.07, 6.45) is 0.836. The van der Waals surface area contributed by atoms with E-state index in [0.29, 0.717) is 0 Å². The van der Waals surface area contributed by atoms with Gasteiger partial charge in [-0.05, 0) is 23.6 Å². The van der Waals surface area contributed by atoms with E-state index in [-0.39, 0.29) is 11.7 Å². The third-order valence-corrected chi connectivity index (χ3v) is 5.51. The summed E-state index contributed by atoms with van der Waals surface area (Å²) in [7, 11) is 0. The van der Waals surface area contributed by atoms with Crippen LogP contribution in [0.3, 0.4) is 0 Å². The maximum absolute atomic E-state index is 13.0. The van der Waals surface area contributed by atoms with Gasteiger partial charge in [0.15, 0.2) is 5.78 Å². The van der Waals surface area contributed by atoms with Gasteiger partial charge >= 0.3 is 0 Å². The summed E-state index contributed by atoms with van der Waals surface area (Å²) in [6.45, 7) is 4.06. The lowest BCUT2D eigenvalue weighted by Crippen LogP contribution is -2.11. The molecular weight excluding hydrogens is 354 g/mol. The number of rotatable bonds is 6. The van der Waals surface area contributed by atoms with Crippen molar-refractivity contribution in [3.63, 3.8) is 0 Å². The molecule has 0 fully saturated rings. The first-order chi connectivity index (χ1) is 14.2. The Labute approximate surface area is 172 Å². The Kier molecular flexibility index (Phi) is 5.44. The number of aromatic amines is 1. The van der Waals surface area contributed by atoms with Crippen LogP contribution in [-0.4, -0.2) is 10.8 Å². The van der Waals surface area contributed by atoms with Gasteiger partial charge in [0.05, 0.1) is 5.69 Å². The summed E-state index contributed by atoms with van der Waals surface area (Å²) >= 11 is 0. The van der Waals surface area contributed by atoms with Gasteiger partial charge in [-0.3, -0.25) is 4.79 Å². The van der Waals surface area contributed by atoms with Gasteiger partial charge in [0.1, 0.15) is 0 Å². The largest absolute Gasteiger partial charge is 0.354 e. The number of ketones is 1. The molecule has 2 heteroatoms. The number of hydrogen-bond donors (Lipinski definition) is 1. The van der Waals surface area contributed by atoms with E-state index in [2.05, 4.69) is 54.4 Å². The molecule has 3 aromatic carbocycles. The molecule has 1 atom stereocenters. The van der Waals surface area contributed by atoms with Crippen molar-refractivity contribution in [1.82, 2.24) is 4.98 Å². The average Bonchev–Trinajstić information content (AvgIpc) is 3.24. The maximum atomic E-state index is 13.0. The fourth-order valence-corrected chi connectivity index (χ4v) is 3.66. The third-order valence-electron chi connectivity index (χ3n) is 5.51. The Balaban J connectivity index is 1.89. The van der Waals surface area contributed by atoms with Gasteiger partial charge < -0.3 is 4.98 Å². The predicted octanol–water partition coefficient (Wildman–Crippen LogP) is 7.24. The zero-order valence-electron chi connectivity index (χ0n) is 16.9. The van der Waals surface area contributed by atoms with Crippen molar-refractivity contribution < 1.29 is 4.79 Å². The van der Waals surface area contributed by atoms with E-state index in [1.54, 1.807) is 0 Å². The summed E-state index contributed by atoms with van der Waals surface area (Å²) < 4.78 is 0. The average molecular weight is 380 g/mol. The predicted molar refractivity (Wildman–Crippen MR) is 121 cm³/mol. The van der Waals surface area contributed by atoms with Crippen LogP contribution in [0.25, 0.3) is 33.6 Å². The number of hydrogen-bond acceptors (Lipinski definition) is 1. The molecule has 0 radical (unpaired) electrons. The van der Waals surface area contributed by atoms with Crippen molar-refractivity contribution in [3.8, 4) is 33.6 Å². The van der Waals surface area contributed by atoms with Gasteiger partial charge in [0.25, 0.3) is 0 Å². The molecule has 1 heterocycles. The molecule has 0 saturated carbocycles. The second-order valence-corrected chi connectivity index (χ2v) is 7.42. The van der Waals surface area contributed by atoms with Crippen LogP contribution in [0, 0.1) is 5.92 Å². The molecule has 29 heavy (non-hydrogen) atoms. The van der Waals surface area contributed by atoms with Crippen LogP contribution in [0.4, 0.5) is 0 Å². The van der Waals surface area contributed by atoms with Crippen LogP contribution < -0.4 is 0 Å². The fraction of sp³-hybridized carbons (Fsp3) is 0.148. The molecule has 0 saturated heterocycles. The fourth-order valence-electron chi connectivity index (χ4n) is 3.66. The lowest BCUT2D eigenvalue weighted by Gasteiger charge is -2.11. The van der Waals surface area contributed by atoms with Crippen LogP contribution in [-0.2, 0) is 0 Å². The minimum absolute atomic E-state index is 0.00768. The SMILES string of the molecule is CCC(C)C(=O)c1ccccc1-c1cc(-c2ccccc2)c(-c2ccccc2)[nH]1. The monoisotopic (exact) mass is 379 g/mol. The van der Waals surface area contributed by atoms with E-state index in [4.69, 9.17) is 0 Å². The Bertz CT molecular complexity index is 1050. The van der Waals surface area contributed by atoms with Gasteiger partial charge in [-0.1, -0.05) is 98.8 Å². The number of carbonyl (C=O) groups is 1. The van der Waals surface area contributed by atoms with E-state index in [1.807, 2.05) is 55.5 Å². The molecule has 4 aromatic rings. The highest BCUT2D eigenvalue weighted by Crippen LogP contribution is 2.37. The van der Waals surface area contributed by atoms with E-state index in [9.17, 15) is 4.79 Å². The molecule has 1 aromatic heterocycles. The zero-order valence-corrected chi connectivity index (χ0v) is 16.9. The van der Waals surface area contributed by atoms with Crippen LogP contribution >= 0.6 is 0 Å². The standard InChI is InChI=1S/C27H25NO/c1-3-19(2)27(29)23-17-11-10-16-22(23)25-18-24(20-12-6-4-7-13-20)26(28-25)21-14-8-5-9-15-21/h4-19,28H,3H2,1-2H3. The Morgan fingerprint density at radius 2 is 1.38 bits per heavy atom. The number of benzene rings is 3. The van der Waals surface area contributed by atoms with Crippen LogP contribution in [0.1, 0.15) is 30.6 Å². The minimum Gasteiger partial charge on any atom is -0.354 e. The molecule has 2 nitrogen and oxygen atoms in total. The zero-order chi connectivity index (χ0) is 20.2. The highest BCUT2D eigenvalue weighted by molar-refractivity contribution is 6.03. The van der Waals surface area contributed by atoms with E-state index < -0.39 is 0 Å².